The predicted octanol–water partition coefficient (Wildman–Crippen LogP) is -1.17. The first-order valence-electron chi connectivity index (χ1n) is 5.95. The Kier molecular flexibility index (Phi) is 3.05. The average Bonchev–Trinajstić information content (AvgIpc) is 3.02. The third-order valence-corrected chi connectivity index (χ3v) is 3.38. The van der Waals surface area contributed by atoms with Crippen LogP contribution >= 0.6 is 0 Å². The Morgan fingerprint density at radius 1 is 1.40 bits per heavy atom. The minimum Gasteiger partial charge on any atom is -0.394 e. The van der Waals surface area contributed by atoms with E-state index in [4.69, 9.17) is 15.6 Å². The maximum Gasteiger partial charge on any atom is 0.173 e. The molecule has 0 aliphatic carbocycles. The van der Waals surface area contributed by atoms with E-state index < -0.39 is 36.8 Å². The Hall–Kier alpha value is -1.81. The van der Waals surface area contributed by atoms with E-state index in [0.717, 1.165) is 0 Å². The van der Waals surface area contributed by atoms with Gasteiger partial charge < -0.3 is 30.8 Å². The molecule has 0 bridgehead atoms. The fourth-order valence-corrected chi connectivity index (χ4v) is 2.33. The van der Waals surface area contributed by atoms with Gasteiger partial charge in [0.1, 0.15) is 41.1 Å². The summed E-state index contributed by atoms with van der Waals surface area (Å²) in [5, 5.41) is 28.6. The minimum atomic E-state index is -1.41. The number of fused-ring (bicyclic) bond motifs is 1. The average molecular weight is 284 g/mol. The first kappa shape index (κ1) is 13.2. The lowest BCUT2D eigenvalue weighted by Gasteiger charge is -2.15. The van der Waals surface area contributed by atoms with Gasteiger partial charge in [0.15, 0.2) is 11.6 Å². The molecule has 1 fully saturated rings. The first-order valence-corrected chi connectivity index (χ1v) is 5.95. The summed E-state index contributed by atoms with van der Waals surface area (Å²) in [4.78, 5) is 10.3. The molecule has 0 unspecified atom stereocenters. The lowest BCUT2D eigenvalue weighted by molar-refractivity contribution is -0.0248. The number of hydrogen-bond donors (Lipinski definition) is 5. The van der Waals surface area contributed by atoms with Crippen molar-refractivity contribution in [3.05, 3.63) is 17.8 Å². The summed E-state index contributed by atoms with van der Waals surface area (Å²) in [6.07, 6.45) is -3.68. The number of ether oxygens (including phenoxy) is 1. The third-order valence-electron chi connectivity index (χ3n) is 3.38. The lowest BCUT2D eigenvalue weighted by atomic mass is 10.0. The number of anilines is 1. The molecule has 20 heavy (non-hydrogen) atoms. The topological polar surface area (TPSA) is 138 Å². The molecule has 2 aromatic heterocycles. The third kappa shape index (κ3) is 1.75. The number of aromatic amines is 1. The van der Waals surface area contributed by atoms with Crippen molar-refractivity contribution in [1.29, 1.82) is 0 Å². The molecule has 0 saturated carbocycles. The molecule has 1 aliphatic rings. The van der Waals surface area contributed by atoms with Crippen molar-refractivity contribution in [1.82, 2.24) is 15.0 Å². The molecule has 1 aliphatic heterocycles. The van der Waals surface area contributed by atoms with Crippen LogP contribution in [-0.2, 0) is 4.74 Å². The lowest BCUT2D eigenvalue weighted by Crippen LogP contribution is -2.32. The molecule has 3 heterocycles. The van der Waals surface area contributed by atoms with Gasteiger partial charge in [-0.2, -0.15) is 0 Å². The van der Waals surface area contributed by atoms with Crippen molar-refractivity contribution < 1.29 is 24.4 Å². The summed E-state index contributed by atoms with van der Waals surface area (Å²) in [6.45, 7) is -0.502. The van der Waals surface area contributed by atoms with Crippen molar-refractivity contribution in [2.45, 2.75) is 24.4 Å². The van der Waals surface area contributed by atoms with Gasteiger partial charge in [-0.05, 0) is 0 Å². The molecule has 9 heteroatoms. The van der Waals surface area contributed by atoms with Gasteiger partial charge in [-0.25, -0.2) is 14.4 Å². The Morgan fingerprint density at radius 2 is 2.15 bits per heavy atom. The number of aliphatic hydroxyl groups excluding tert-OH is 3. The zero-order chi connectivity index (χ0) is 14.4. The Labute approximate surface area is 112 Å². The van der Waals surface area contributed by atoms with Crippen molar-refractivity contribution in [3.8, 4) is 0 Å². The Balaban J connectivity index is 2.08. The molecular weight excluding hydrogens is 271 g/mol. The van der Waals surface area contributed by atoms with E-state index in [1.807, 2.05) is 0 Å². The minimum absolute atomic E-state index is 0.0182. The SMILES string of the molecule is Nc1nc([C@@H]2O[C@H](CO)[C@@H](O)[C@H]2O)c(F)c2[nH]cnc12. The van der Waals surface area contributed by atoms with Gasteiger partial charge in [0.05, 0.1) is 12.9 Å². The van der Waals surface area contributed by atoms with Crippen LogP contribution in [0.1, 0.15) is 11.8 Å². The van der Waals surface area contributed by atoms with Gasteiger partial charge in [-0.1, -0.05) is 0 Å². The van der Waals surface area contributed by atoms with E-state index in [0.29, 0.717) is 0 Å². The molecule has 0 radical (unpaired) electrons. The number of nitrogens with one attached hydrogen (secondary N) is 1. The van der Waals surface area contributed by atoms with E-state index in [9.17, 15) is 14.6 Å². The molecule has 0 amide bonds. The van der Waals surface area contributed by atoms with Crippen LogP contribution in [0, 0.1) is 5.82 Å². The molecule has 2 aromatic rings. The summed E-state index contributed by atoms with van der Waals surface area (Å²) >= 11 is 0. The second-order valence-electron chi connectivity index (χ2n) is 4.58. The highest BCUT2D eigenvalue weighted by atomic mass is 19.1. The van der Waals surface area contributed by atoms with Gasteiger partial charge in [-0.15, -0.1) is 0 Å². The first-order chi connectivity index (χ1) is 9.54. The van der Waals surface area contributed by atoms with Gasteiger partial charge in [0.2, 0.25) is 0 Å². The molecule has 6 N–H and O–H groups in total. The largest absolute Gasteiger partial charge is 0.394 e. The molecule has 0 aromatic carbocycles. The summed E-state index contributed by atoms with van der Waals surface area (Å²) < 4.78 is 19.6. The predicted molar refractivity (Wildman–Crippen MR) is 65.0 cm³/mol. The fraction of sp³-hybridized carbons (Fsp3) is 0.455. The number of nitrogen functional groups attached to an aromatic ring is 1. The molecule has 3 rings (SSSR count). The summed E-state index contributed by atoms with van der Waals surface area (Å²) in [5.74, 6) is -0.781. The number of rotatable bonds is 2. The van der Waals surface area contributed by atoms with Crippen molar-refractivity contribution in [3.63, 3.8) is 0 Å². The number of pyridine rings is 1. The van der Waals surface area contributed by atoms with Crippen LogP contribution < -0.4 is 5.73 Å². The van der Waals surface area contributed by atoms with Gasteiger partial charge in [-0.3, -0.25) is 0 Å². The fourth-order valence-electron chi connectivity index (χ4n) is 2.33. The van der Waals surface area contributed by atoms with Crippen LogP contribution in [-0.4, -0.2) is 55.2 Å². The number of aromatic nitrogens is 3. The van der Waals surface area contributed by atoms with Crippen LogP contribution in [0.25, 0.3) is 11.0 Å². The zero-order valence-corrected chi connectivity index (χ0v) is 10.2. The molecule has 108 valence electrons. The highest BCUT2D eigenvalue weighted by Crippen LogP contribution is 2.36. The van der Waals surface area contributed by atoms with Gasteiger partial charge in [0.25, 0.3) is 0 Å². The van der Waals surface area contributed by atoms with Crippen molar-refractivity contribution >= 4 is 16.9 Å². The van der Waals surface area contributed by atoms with Crippen LogP contribution in [0.4, 0.5) is 10.2 Å². The standard InChI is InChI=1S/C11H13FN4O4/c12-4-5-7(15-2-14-5)11(13)16-6(4)10-9(19)8(18)3(1-17)20-10/h2-3,8-10,17-19H,1H2,(H2,13,16)(H,14,15)/t3-,8-,9-,10+/m1/s1. The van der Waals surface area contributed by atoms with Gasteiger partial charge in [0, 0.05) is 0 Å². The summed E-state index contributed by atoms with van der Waals surface area (Å²) in [5.41, 5.74) is 5.67. The molecular formula is C11H13FN4O4. The van der Waals surface area contributed by atoms with Crippen LogP contribution in [0.3, 0.4) is 0 Å². The summed E-state index contributed by atoms with van der Waals surface area (Å²) in [7, 11) is 0. The Morgan fingerprint density at radius 3 is 2.80 bits per heavy atom. The number of nitrogens with zero attached hydrogens (tertiary/aromatic N) is 2. The second-order valence-corrected chi connectivity index (χ2v) is 4.58. The van der Waals surface area contributed by atoms with Crippen molar-refractivity contribution in [2.24, 2.45) is 0 Å². The van der Waals surface area contributed by atoms with E-state index in [1.54, 1.807) is 0 Å². The number of hydrogen-bond acceptors (Lipinski definition) is 7. The van der Waals surface area contributed by atoms with E-state index in [2.05, 4.69) is 15.0 Å². The van der Waals surface area contributed by atoms with Gasteiger partial charge >= 0.3 is 0 Å². The molecule has 4 atom stereocenters. The maximum absolute atomic E-state index is 14.3. The van der Waals surface area contributed by atoms with E-state index >= 15 is 0 Å². The van der Waals surface area contributed by atoms with Crippen LogP contribution in [0.5, 0.6) is 0 Å². The maximum atomic E-state index is 14.3. The zero-order valence-electron chi connectivity index (χ0n) is 10.2. The number of imidazole rings is 1. The molecule has 8 nitrogen and oxygen atoms in total. The highest BCUT2D eigenvalue weighted by Gasteiger charge is 2.45. The molecule has 1 saturated heterocycles. The van der Waals surface area contributed by atoms with Crippen LogP contribution in [0.2, 0.25) is 0 Å². The quantitative estimate of drug-likeness (QED) is 0.468. The Bertz CT molecular complexity index is 649. The number of halogens is 1. The van der Waals surface area contributed by atoms with Crippen molar-refractivity contribution in [2.75, 3.05) is 12.3 Å². The second kappa shape index (κ2) is 4.63. The molecule has 0 spiro atoms. The summed E-state index contributed by atoms with van der Waals surface area (Å²) in [6, 6.07) is 0. The van der Waals surface area contributed by atoms with Crippen LogP contribution in [0.15, 0.2) is 6.33 Å². The smallest absolute Gasteiger partial charge is 0.173 e. The normalized spacial score (nSPS) is 30.2. The van der Waals surface area contributed by atoms with E-state index in [-0.39, 0.29) is 22.5 Å². The monoisotopic (exact) mass is 284 g/mol. The van der Waals surface area contributed by atoms with E-state index in [1.165, 1.54) is 6.33 Å². The number of H-pyrrole nitrogens is 1. The number of aliphatic hydroxyl groups is 3. The number of nitrogens with two attached hydrogens (primary N) is 1. The highest BCUT2D eigenvalue weighted by molar-refractivity contribution is 5.85.